The zero-order chi connectivity index (χ0) is 54.5. The van der Waals surface area contributed by atoms with Crippen molar-refractivity contribution in [3.63, 3.8) is 0 Å². The molecule has 0 saturated heterocycles. The summed E-state index contributed by atoms with van der Waals surface area (Å²) in [5, 5.41) is 11.5. The molecule has 0 bridgehead atoms. The predicted octanol–water partition coefficient (Wildman–Crippen LogP) is 10.7. The Balaban J connectivity index is -0.000000207. The van der Waals surface area contributed by atoms with Gasteiger partial charge < -0.3 is 97.8 Å². The molecule has 16 N–H and O–H groups in total. The maximum atomic E-state index is 2.25. The van der Waals surface area contributed by atoms with Crippen molar-refractivity contribution in [1.82, 2.24) is 0 Å². The van der Waals surface area contributed by atoms with Gasteiger partial charge in [0.25, 0.3) is 0 Å². The fourth-order valence-corrected chi connectivity index (χ4v) is 18.5. The second-order valence-electron chi connectivity index (χ2n) is 19.0. The Hall–Kier alpha value is -4.83. The van der Waals surface area contributed by atoms with Crippen molar-refractivity contribution >= 4 is 128 Å². The van der Waals surface area contributed by atoms with Gasteiger partial charge in [0.1, 0.15) is 0 Å². The van der Waals surface area contributed by atoms with E-state index in [0.717, 1.165) is 24.6 Å². The van der Waals surface area contributed by atoms with Crippen LogP contribution in [0.25, 0.3) is 0 Å². The van der Waals surface area contributed by atoms with E-state index in [0.29, 0.717) is 0 Å². The summed E-state index contributed by atoms with van der Waals surface area (Å²) in [4.78, 5) is 0. The summed E-state index contributed by atoms with van der Waals surface area (Å²) in [6, 6.07) is 130. The van der Waals surface area contributed by atoms with Gasteiger partial charge in [0, 0.05) is 24.6 Å². The largest absolute Gasteiger partial charge is 4.00 e. The Morgan fingerprint density at radius 3 is 0.326 bits per heavy atom. The quantitative estimate of drug-likeness (QED) is 0.0647. The Bertz CT molecular complexity index is 2940. The Labute approximate surface area is 632 Å². The molecule has 0 heterocycles. The van der Waals surface area contributed by atoms with E-state index in [1.54, 1.807) is 0 Å². The molecular weight excluding hydrogens is 1520 g/mol. The van der Waals surface area contributed by atoms with E-state index >= 15 is 0 Å². The molecule has 0 unspecified atom stereocenters. The van der Waals surface area contributed by atoms with Crippen molar-refractivity contribution in [2.24, 2.45) is 0 Å². The van der Waals surface area contributed by atoms with Crippen molar-refractivity contribution in [3.05, 3.63) is 386 Å². The molecule has 0 aliphatic carbocycles. The van der Waals surface area contributed by atoms with Gasteiger partial charge in [-0.25, -0.2) is 0 Å². The Morgan fingerprint density at radius 2 is 0.232 bits per heavy atom. The second-order valence-corrected chi connectivity index (χ2v) is 27.8. The maximum Gasteiger partial charge on any atom is 4.00 e. The predicted molar refractivity (Wildman–Crippen MR) is 415 cm³/mol. The molecule has 0 aromatic heterocycles. The zero-order valence-corrected chi connectivity index (χ0v) is 62.6. The topological polar surface area (TPSA) is 252 Å². The van der Waals surface area contributed by atoms with E-state index in [-0.39, 0.29) is 185 Å². The molecule has 0 atom stereocenters. The van der Waals surface area contributed by atoms with E-state index < -0.39 is 0 Å². The molecule has 8 nitrogen and oxygen atoms in total. The summed E-state index contributed by atoms with van der Waals surface area (Å²) >= 11 is 0. The van der Waals surface area contributed by atoms with Gasteiger partial charge in [-0.05, 0) is 96.4 Å². The molecule has 19 heteroatoms. The van der Waals surface area contributed by atoms with Crippen LogP contribution in [0.5, 0.6) is 0 Å². The molecule has 12 aromatic rings. The Kier molecular flexibility index (Phi) is 65.8. The van der Waals surface area contributed by atoms with Crippen LogP contribution in [0.15, 0.2) is 364 Å². The summed E-state index contributed by atoms with van der Waals surface area (Å²) in [5.41, 5.74) is 5.63. The van der Waals surface area contributed by atoms with Crippen LogP contribution >= 0.6 is 31.7 Å². The normalized spacial score (nSPS) is 8.97. The molecule has 0 spiro atoms. The molecule has 0 fully saturated rings. The van der Waals surface area contributed by atoms with Crippen molar-refractivity contribution < 1.29 is 99.0 Å². The number of benzene rings is 12. The van der Waals surface area contributed by atoms with Crippen LogP contribution in [0, 0.1) is 0 Å². The van der Waals surface area contributed by atoms with E-state index in [1.165, 1.54) is 64.7 Å². The molecule has 0 aliphatic heterocycles. The molecule has 12 rings (SSSR count). The summed E-state index contributed by atoms with van der Waals surface area (Å²) < 4.78 is 0. The van der Waals surface area contributed by atoms with Crippen LogP contribution in [0.1, 0.15) is 22.3 Å². The van der Waals surface area contributed by atoms with E-state index in [2.05, 4.69) is 364 Å². The molecular formula is C76H84Cu2MoO8P4S4. The first-order valence-electron chi connectivity index (χ1n) is 27.4. The molecule has 95 heavy (non-hydrogen) atoms. The van der Waals surface area contributed by atoms with Crippen molar-refractivity contribution in [2.75, 3.05) is 0 Å². The van der Waals surface area contributed by atoms with Crippen molar-refractivity contribution in [3.8, 4) is 0 Å². The summed E-state index contributed by atoms with van der Waals surface area (Å²) in [6.07, 6.45) is 4.41. The average molecular weight is 1600 g/mol. The maximum absolute atomic E-state index is 2.25. The first-order chi connectivity index (χ1) is 39.7. The minimum Gasteiger partial charge on any atom is -2.00 e. The fourth-order valence-electron chi connectivity index (χ4n) is 9.25. The van der Waals surface area contributed by atoms with Crippen LogP contribution in [-0.2, 0) is 134 Å². The van der Waals surface area contributed by atoms with Crippen LogP contribution < -0.4 is 42.4 Å². The van der Waals surface area contributed by atoms with E-state index in [4.69, 9.17) is 0 Å². The molecule has 12 aromatic carbocycles. The van der Waals surface area contributed by atoms with Gasteiger partial charge in [0.2, 0.25) is 0 Å². The van der Waals surface area contributed by atoms with Crippen LogP contribution in [-0.4, -0.2) is 43.8 Å². The van der Waals surface area contributed by atoms with Crippen LogP contribution in [0.3, 0.4) is 0 Å². The van der Waals surface area contributed by atoms with Crippen molar-refractivity contribution in [1.29, 1.82) is 0 Å². The van der Waals surface area contributed by atoms with Crippen LogP contribution in [0.4, 0.5) is 0 Å². The standard InChI is InChI=1S/4C19H17P.2Cu.Mo.8H2O.4S/c4*1-4-10-17(11-5-1)16-20(18-12-6-2-7-13-18)19-14-8-3-9-15-19;;;;;;;;;;;;;;;/h4*1-15H,16H2;;;;8*1H2;;;;/q;;;;2*+2;+4;;;;;;;;;4*-2. The molecule has 2 radical (unpaired) electrons. The van der Waals surface area contributed by atoms with E-state index in [1.807, 2.05) is 0 Å². The monoisotopic (exact) mass is 1600 g/mol. The van der Waals surface area contributed by atoms with E-state index in [9.17, 15) is 0 Å². The van der Waals surface area contributed by atoms with Crippen molar-refractivity contribution in [2.45, 2.75) is 24.6 Å². The molecule has 0 saturated carbocycles. The summed E-state index contributed by atoms with van der Waals surface area (Å²) in [7, 11) is -1.31. The van der Waals surface area contributed by atoms with Gasteiger partial charge in [-0.15, -0.1) is 0 Å². The van der Waals surface area contributed by atoms with Gasteiger partial charge in [0.05, 0.1) is 0 Å². The minimum atomic E-state index is -0.327. The molecule has 508 valence electrons. The number of hydrogen-bond donors (Lipinski definition) is 0. The smallest absolute Gasteiger partial charge is 2.00 e. The molecule has 0 aliphatic rings. The fraction of sp³-hybridized carbons (Fsp3) is 0.0526. The second kappa shape index (κ2) is 60.4. The first-order valence-corrected chi connectivity index (χ1v) is 33.5. The van der Waals surface area contributed by atoms with Crippen LogP contribution in [0.2, 0.25) is 0 Å². The summed E-state index contributed by atoms with van der Waals surface area (Å²) in [5.74, 6) is 0. The number of hydrogen-bond acceptors (Lipinski definition) is 0. The summed E-state index contributed by atoms with van der Waals surface area (Å²) in [6.45, 7) is 0. The Morgan fingerprint density at radius 1 is 0.147 bits per heavy atom. The number of rotatable bonds is 16. The average Bonchev–Trinajstić information content (AvgIpc) is 1.15. The third-order valence-corrected chi connectivity index (χ3v) is 23.4. The first kappa shape index (κ1) is 104. The van der Waals surface area contributed by atoms with Gasteiger partial charge in [-0.1, -0.05) is 364 Å². The van der Waals surface area contributed by atoms with Gasteiger partial charge in [-0.2, -0.15) is 0 Å². The van der Waals surface area contributed by atoms with Gasteiger partial charge >= 0.3 is 55.2 Å². The molecule has 0 amide bonds. The third-order valence-electron chi connectivity index (χ3n) is 13.3. The third kappa shape index (κ3) is 35.0. The van der Waals surface area contributed by atoms with Gasteiger partial charge in [0.15, 0.2) is 0 Å². The SMILES string of the molecule is O.O.O.O.O.O.O.O.[Cu+2].[Cu+2].[Mo+4].[S-2].[S-2].[S-2].[S-2].c1ccc(CP(c2ccccc2)c2ccccc2)cc1.c1ccc(CP(c2ccccc2)c2ccccc2)cc1.c1ccc(CP(c2ccccc2)c2ccccc2)cc1.c1ccc(CP(c2ccccc2)c2ccccc2)cc1. The zero-order valence-electron chi connectivity index (χ0n) is 51.9. The minimum absolute atomic E-state index is 0. The van der Waals surface area contributed by atoms with Gasteiger partial charge in [-0.3, -0.25) is 0 Å².